The predicted molar refractivity (Wildman–Crippen MR) is 228 cm³/mol. The first-order valence-corrected chi connectivity index (χ1v) is 21.5. The highest BCUT2D eigenvalue weighted by molar-refractivity contribution is 6.13. The smallest absolute Gasteiger partial charge is 0.253 e. The number of imide groups is 1. The average Bonchev–Trinajstić information content (AvgIpc) is 3.72. The second kappa shape index (κ2) is 17.7. The highest BCUT2D eigenvalue weighted by Crippen LogP contribution is 2.68. The van der Waals surface area contributed by atoms with Gasteiger partial charge in [-0.05, 0) is 105 Å². The summed E-state index contributed by atoms with van der Waals surface area (Å²) in [4.78, 5) is 88.5. The number of amides is 5. The fraction of sp³-hybridized carbons (Fsp3) is 0.479. The number of carbonyl (C=O) groups excluding carboxylic acids is 7. The number of benzene rings is 2. The number of fused-ring (bicyclic) bond motifs is 5. The molecule has 5 amide bonds. The molecule has 1 aliphatic heterocycles. The van der Waals surface area contributed by atoms with E-state index in [1.807, 2.05) is 48.5 Å². The number of rotatable bonds is 15. The molecule has 14 nitrogen and oxygen atoms in total. The average molecular weight is 849 g/mol. The number of hydrogen-bond acceptors (Lipinski definition) is 10. The molecule has 3 fully saturated rings. The van der Waals surface area contributed by atoms with E-state index in [2.05, 4.69) is 29.8 Å². The third-order valence-corrected chi connectivity index (χ3v) is 14.3. The van der Waals surface area contributed by atoms with Crippen molar-refractivity contribution in [1.82, 2.24) is 15.5 Å². The number of nitrogens with one attached hydrogen (secondary N) is 3. The molecule has 9 atom stereocenters. The van der Waals surface area contributed by atoms with Crippen LogP contribution >= 0.6 is 0 Å². The van der Waals surface area contributed by atoms with Crippen molar-refractivity contribution in [2.75, 3.05) is 18.5 Å². The topological polar surface area (TPSA) is 209 Å². The first-order valence-electron chi connectivity index (χ1n) is 21.5. The van der Waals surface area contributed by atoms with Gasteiger partial charge in [0, 0.05) is 47.6 Å². The molecule has 4 aliphatic carbocycles. The summed E-state index contributed by atoms with van der Waals surface area (Å²) in [5.74, 6) is -2.79. The molecule has 0 saturated heterocycles. The van der Waals surface area contributed by atoms with Crippen molar-refractivity contribution in [3.05, 3.63) is 101 Å². The molecule has 14 heteroatoms. The van der Waals surface area contributed by atoms with E-state index < -0.39 is 70.8 Å². The van der Waals surface area contributed by atoms with Gasteiger partial charge in [0.1, 0.15) is 24.3 Å². The molecule has 0 bridgehead atoms. The summed E-state index contributed by atoms with van der Waals surface area (Å²) >= 11 is 0. The standard InChI is InChI=1S/C48H56N4O10/c1-28(49-40(57)18-21-52-41(58)14-15-42(52)59)44(60)50-29(2)45(61)51-34-7-5-6-32(23-34)22-30-8-10-31(11-9-30)27-62-48(39(56)26-53)20-17-37-36-13-12-33-24-35(54)16-19-46(33,3)43(36)38(55)25-47(37,48)4/h5-11,14-16,19,23-24,28-29,36-38,43,53,55H,12-13,17-18,20-22,25-27H2,1-4H3,(H,49,57)(H,50,60)(H,51,61)/t28-,29-,36-,37?,38-,43+,46-,47-,48-/m0/s1. The molecular formula is C48H56N4O10. The van der Waals surface area contributed by atoms with Gasteiger partial charge in [0.25, 0.3) is 11.8 Å². The lowest BCUT2D eigenvalue weighted by Gasteiger charge is -2.60. The Labute approximate surface area is 361 Å². The lowest BCUT2D eigenvalue weighted by molar-refractivity contribution is -0.196. The molecular weight excluding hydrogens is 793 g/mol. The van der Waals surface area contributed by atoms with E-state index in [1.165, 1.54) is 13.8 Å². The van der Waals surface area contributed by atoms with Crippen LogP contribution in [0.5, 0.6) is 0 Å². The van der Waals surface area contributed by atoms with Gasteiger partial charge < -0.3 is 30.9 Å². The van der Waals surface area contributed by atoms with Crippen LogP contribution in [0.3, 0.4) is 0 Å². The Balaban J connectivity index is 0.923. The SMILES string of the molecule is C[C@H](NC(=O)CCN1C(=O)C=CC1=O)C(=O)N[C@@H](C)C(=O)Nc1cccc(Cc2ccc(CO[C@]3(C(=O)CO)CCC4[C@@H]5CCC6=CC(=O)C=C[C@]6(C)[C@H]5[C@@H](O)C[C@@]43C)cc2)c1. The van der Waals surface area contributed by atoms with Crippen molar-refractivity contribution in [3.8, 4) is 0 Å². The van der Waals surface area contributed by atoms with Crippen molar-refractivity contribution in [2.45, 2.75) is 103 Å². The molecule has 0 radical (unpaired) electrons. The quantitative estimate of drug-likeness (QED) is 0.165. The van der Waals surface area contributed by atoms with Gasteiger partial charge in [-0.1, -0.05) is 61.9 Å². The van der Waals surface area contributed by atoms with Gasteiger partial charge in [-0.15, -0.1) is 0 Å². The zero-order chi connectivity index (χ0) is 44.6. The highest BCUT2D eigenvalue weighted by Gasteiger charge is 2.69. The zero-order valence-corrected chi connectivity index (χ0v) is 35.6. The number of Topliss-reactive ketones (excluding diaryl/α,β-unsaturated/α-hetero) is 1. The number of carbonyl (C=O) groups is 7. The zero-order valence-electron chi connectivity index (χ0n) is 35.6. The van der Waals surface area contributed by atoms with Gasteiger partial charge >= 0.3 is 0 Å². The van der Waals surface area contributed by atoms with E-state index in [1.54, 1.807) is 18.2 Å². The summed E-state index contributed by atoms with van der Waals surface area (Å²) < 4.78 is 6.69. The van der Waals surface area contributed by atoms with Gasteiger partial charge in [-0.3, -0.25) is 38.5 Å². The second-order valence-electron chi connectivity index (χ2n) is 18.1. The number of nitrogens with zero attached hydrogens (tertiary/aromatic N) is 1. The summed E-state index contributed by atoms with van der Waals surface area (Å²) in [5, 5.41) is 30.1. The highest BCUT2D eigenvalue weighted by atomic mass is 16.5. The summed E-state index contributed by atoms with van der Waals surface area (Å²) in [6, 6.07) is 13.3. The molecule has 5 N–H and O–H groups in total. The van der Waals surface area contributed by atoms with Crippen LogP contribution in [0.15, 0.2) is 84.5 Å². The summed E-state index contributed by atoms with van der Waals surface area (Å²) in [6.45, 7) is 6.55. The minimum Gasteiger partial charge on any atom is -0.393 e. The van der Waals surface area contributed by atoms with Crippen LogP contribution in [0.1, 0.15) is 82.9 Å². The molecule has 1 heterocycles. The monoisotopic (exact) mass is 848 g/mol. The molecule has 7 rings (SSSR count). The molecule has 328 valence electrons. The van der Waals surface area contributed by atoms with Crippen LogP contribution in [-0.4, -0.2) is 93.2 Å². The molecule has 1 unspecified atom stereocenters. The normalized spacial score (nSPS) is 29.5. The number of hydrogen-bond donors (Lipinski definition) is 5. The first-order chi connectivity index (χ1) is 29.5. The van der Waals surface area contributed by atoms with Gasteiger partial charge in [0.05, 0.1) is 12.7 Å². The molecule has 0 spiro atoms. The molecule has 0 aromatic heterocycles. The van der Waals surface area contributed by atoms with E-state index in [-0.39, 0.29) is 48.9 Å². The second-order valence-corrected chi connectivity index (χ2v) is 18.1. The molecule has 3 saturated carbocycles. The van der Waals surface area contributed by atoms with Crippen LogP contribution in [0.25, 0.3) is 0 Å². The maximum absolute atomic E-state index is 13.8. The largest absolute Gasteiger partial charge is 0.393 e. The molecule has 2 aromatic rings. The lowest BCUT2D eigenvalue weighted by atomic mass is 9.46. The van der Waals surface area contributed by atoms with Crippen LogP contribution in [-0.2, 0) is 51.3 Å². The minimum absolute atomic E-state index is 0.0172. The summed E-state index contributed by atoms with van der Waals surface area (Å²) in [5.41, 5.74) is 2.00. The van der Waals surface area contributed by atoms with Crippen molar-refractivity contribution in [1.29, 1.82) is 0 Å². The third kappa shape index (κ3) is 8.47. The molecule has 2 aromatic carbocycles. The number of aliphatic hydroxyl groups excluding tert-OH is 2. The van der Waals surface area contributed by atoms with Gasteiger partial charge in [-0.2, -0.15) is 0 Å². The number of ether oxygens (including phenoxy) is 1. The predicted octanol–water partition coefficient (Wildman–Crippen LogP) is 3.64. The molecule has 62 heavy (non-hydrogen) atoms. The number of ketones is 2. The lowest BCUT2D eigenvalue weighted by Crippen LogP contribution is -2.62. The number of aliphatic hydroxyl groups is 2. The Hall–Kier alpha value is -5.57. The van der Waals surface area contributed by atoms with E-state index in [0.29, 0.717) is 24.9 Å². The van der Waals surface area contributed by atoms with Crippen LogP contribution in [0.4, 0.5) is 5.69 Å². The van der Waals surface area contributed by atoms with E-state index in [4.69, 9.17) is 4.74 Å². The van der Waals surface area contributed by atoms with Gasteiger partial charge in [0.15, 0.2) is 11.6 Å². The van der Waals surface area contributed by atoms with Crippen molar-refractivity contribution >= 4 is 46.8 Å². The van der Waals surface area contributed by atoms with Crippen LogP contribution in [0, 0.1) is 28.6 Å². The van der Waals surface area contributed by atoms with Gasteiger partial charge in [-0.25, -0.2) is 0 Å². The first kappa shape index (κ1) is 44.5. The van der Waals surface area contributed by atoms with Crippen molar-refractivity contribution in [3.63, 3.8) is 0 Å². The Morgan fingerprint density at radius 2 is 1.58 bits per heavy atom. The summed E-state index contributed by atoms with van der Waals surface area (Å²) in [6.07, 6.45) is 10.4. The van der Waals surface area contributed by atoms with Crippen LogP contribution in [0.2, 0.25) is 0 Å². The van der Waals surface area contributed by atoms with E-state index in [0.717, 1.165) is 58.6 Å². The van der Waals surface area contributed by atoms with Crippen LogP contribution < -0.4 is 16.0 Å². The Kier molecular flexibility index (Phi) is 12.7. The van der Waals surface area contributed by atoms with E-state index in [9.17, 15) is 43.8 Å². The third-order valence-electron chi connectivity index (χ3n) is 14.3. The Morgan fingerprint density at radius 1 is 0.887 bits per heavy atom. The Morgan fingerprint density at radius 3 is 2.29 bits per heavy atom. The van der Waals surface area contributed by atoms with E-state index >= 15 is 0 Å². The number of anilines is 1. The summed E-state index contributed by atoms with van der Waals surface area (Å²) in [7, 11) is 0. The minimum atomic E-state index is -1.26. The van der Waals surface area contributed by atoms with Crippen molar-refractivity contribution in [2.24, 2.45) is 28.6 Å². The fourth-order valence-electron chi connectivity index (χ4n) is 11.1. The maximum Gasteiger partial charge on any atom is 0.253 e. The number of allylic oxidation sites excluding steroid dienone is 4. The maximum atomic E-state index is 13.8. The Bertz CT molecular complexity index is 2230. The fourth-order valence-corrected chi connectivity index (χ4v) is 11.1. The molecule has 5 aliphatic rings. The van der Waals surface area contributed by atoms with Gasteiger partial charge in [0.2, 0.25) is 17.7 Å². The van der Waals surface area contributed by atoms with Crippen molar-refractivity contribution < 1.29 is 48.5 Å².